The highest BCUT2D eigenvalue weighted by atomic mass is 19.1. The summed E-state index contributed by atoms with van der Waals surface area (Å²) in [6, 6.07) is 16.6. The highest BCUT2D eigenvalue weighted by Crippen LogP contribution is 2.37. The first-order valence-corrected chi connectivity index (χ1v) is 11.3. The average Bonchev–Trinajstić information content (AvgIpc) is 3.33. The second-order valence-electron chi connectivity index (χ2n) is 8.60. The topological polar surface area (TPSA) is 52.6 Å². The molecule has 1 aromatic heterocycles. The lowest BCUT2D eigenvalue weighted by Gasteiger charge is -2.28. The van der Waals surface area contributed by atoms with E-state index in [2.05, 4.69) is 4.98 Å². The van der Waals surface area contributed by atoms with Gasteiger partial charge in [0.05, 0.1) is 17.4 Å². The van der Waals surface area contributed by atoms with Crippen molar-refractivity contribution >= 4 is 17.5 Å². The number of hydrogen-bond donors (Lipinski definition) is 0. The van der Waals surface area contributed by atoms with Crippen LogP contribution in [0, 0.1) is 5.82 Å². The second kappa shape index (κ2) is 9.98. The molecule has 0 unspecified atom stereocenters. The largest absolute Gasteiger partial charge is 0.372 e. The maximum Gasteiger partial charge on any atom is 0.225 e. The van der Waals surface area contributed by atoms with E-state index in [1.165, 1.54) is 6.07 Å². The first kappa shape index (κ1) is 22.7. The molecule has 33 heavy (non-hydrogen) atoms. The number of aromatic nitrogens is 2. The lowest BCUT2D eigenvalue weighted by atomic mass is 10.00. The zero-order valence-electron chi connectivity index (χ0n) is 19.4. The highest BCUT2D eigenvalue weighted by molar-refractivity contribution is 5.78. The van der Waals surface area contributed by atoms with Crippen molar-refractivity contribution in [1.82, 2.24) is 14.9 Å². The zero-order chi connectivity index (χ0) is 23.4. The third-order valence-corrected chi connectivity index (χ3v) is 6.10. The molecule has 0 bridgehead atoms. The molecule has 3 aromatic rings. The molecule has 1 saturated heterocycles. The molecule has 172 valence electrons. The number of para-hydroxylation sites is 1. The molecule has 0 aliphatic carbocycles. The van der Waals surface area contributed by atoms with Gasteiger partial charge in [-0.25, -0.2) is 14.4 Å². The Labute approximate surface area is 194 Å². The second-order valence-corrected chi connectivity index (χ2v) is 8.60. The summed E-state index contributed by atoms with van der Waals surface area (Å²) in [5.74, 6) is 0.407. The number of carbonyl (C=O) groups is 1. The van der Waals surface area contributed by atoms with Gasteiger partial charge >= 0.3 is 0 Å². The van der Waals surface area contributed by atoms with E-state index in [1.54, 1.807) is 23.1 Å². The van der Waals surface area contributed by atoms with Gasteiger partial charge in [0.2, 0.25) is 11.9 Å². The van der Waals surface area contributed by atoms with Crippen molar-refractivity contribution in [1.29, 1.82) is 0 Å². The molecule has 1 amide bonds. The summed E-state index contributed by atoms with van der Waals surface area (Å²) in [5, 5.41) is 0. The van der Waals surface area contributed by atoms with Crippen molar-refractivity contribution < 1.29 is 9.18 Å². The maximum absolute atomic E-state index is 14.1. The summed E-state index contributed by atoms with van der Waals surface area (Å²) >= 11 is 0. The van der Waals surface area contributed by atoms with E-state index in [4.69, 9.17) is 4.98 Å². The molecule has 7 heteroatoms. The number of likely N-dealkylation sites (tertiary alicyclic amines) is 1. The minimum atomic E-state index is -0.281. The van der Waals surface area contributed by atoms with Gasteiger partial charge in [-0.15, -0.1) is 0 Å². The van der Waals surface area contributed by atoms with Gasteiger partial charge in [-0.3, -0.25) is 4.79 Å². The summed E-state index contributed by atoms with van der Waals surface area (Å²) in [5.41, 5.74) is 3.38. The summed E-state index contributed by atoms with van der Waals surface area (Å²) < 4.78 is 14.1. The molecule has 1 aliphatic heterocycles. The molecule has 2 aromatic carbocycles. The Morgan fingerprint density at radius 1 is 1.09 bits per heavy atom. The first-order chi connectivity index (χ1) is 16.0. The third kappa shape index (κ3) is 4.97. The lowest BCUT2D eigenvalue weighted by Crippen LogP contribution is -2.34. The average molecular weight is 448 g/mol. The van der Waals surface area contributed by atoms with Crippen molar-refractivity contribution in [3.63, 3.8) is 0 Å². The van der Waals surface area contributed by atoms with Gasteiger partial charge in [-0.05, 0) is 30.5 Å². The minimum Gasteiger partial charge on any atom is -0.372 e. The van der Waals surface area contributed by atoms with E-state index in [0.29, 0.717) is 31.1 Å². The van der Waals surface area contributed by atoms with Crippen LogP contribution < -0.4 is 9.80 Å². The fraction of sp³-hybridized carbons (Fsp3) is 0.346. The fourth-order valence-corrected chi connectivity index (χ4v) is 4.33. The van der Waals surface area contributed by atoms with E-state index in [9.17, 15) is 9.18 Å². The summed E-state index contributed by atoms with van der Waals surface area (Å²) in [7, 11) is 5.64. The van der Waals surface area contributed by atoms with Crippen LogP contribution >= 0.6 is 0 Å². The SMILES string of the molecule is CN(C)c1ncc(-c2ccccc2)c([C@@H]2CCCN2C(=O)CCN(C)c2ccccc2F)n1. The molecular weight excluding hydrogens is 417 g/mol. The molecular formula is C26H30FN5O. The van der Waals surface area contributed by atoms with Crippen LogP contribution in [0.2, 0.25) is 0 Å². The molecule has 0 N–H and O–H groups in total. The van der Waals surface area contributed by atoms with Crippen molar-refractivity contribution in [2.24, 2.45) is 0 Å². The number of benzene rings is 2. The summed E-state index contributed by atoms with van der Waals surface area (Å²) in [6.07, 6.45) is 3.96. The van der Waals surface area contributed by atoms with Crippen LogP contribution in [0.4, 0.5) is 16.0 Å². The molecule has 1 atom stereocenters. The third-order valence-electron chi connectivity index (χ3n) is 6.10. The van der Waals surface area contributed by atoms with E-state index in [-0.39, 0.29) is 17.8 Å². The number of carbonyl (C=O) groups excluding carboxylic acids is 1. The predicted octanol–water partition coefficient (Wildman–Crippen LogP) is 4.54. The maximum atomic E-state index is 14.1. The zero-order valence-corrected chi connectivity index (χ0v) is 19.4. The molecule has 1 aliphatic rings. The monoisotopic (exact) mass is 447 g/mol. The van der Waals surface area contributed by atoms with Crippen LogP contribution in [0.1, 0.15) is 31.0 Å². The first-order valence-electron chi connectivity index (χ1n) is 11.3. The van der Waals surface area contributed by atoms with Crippen LogP contribution in [0.15, 0.2) is 60.8 Å². The predicted molar refractivity (Wildman–Crippen MR) is 130 cm³/mol. The van der Waals surface area contributed by atoms with Crippen molar-refractivity contribution in [3.05, 3.63) is 72.3 Å². The van der Waals surface area contributed by atoms with Gasteiger partial charge in [-0.1, -0.05) is 42.5 Å². The number of halogens is 1. The summed E-state index contributed by atoms with van der Waals surface area (Å²) in [6.45, 7) is 1.14. The van der Waals surface area contributed by atoms with E-state index in [0.717, 1.165) is 29.7 Å². The van der Waals surface area contributed by atoms with Crippen LogP contribution in [0.5, 0.6) is 0 Å². The Kier molecular flexibility index (Phi) is 6.87. The molecule has 0 radical (unpaired) electrons. The van der Waals surface area contributed by atoms with Gasteiger partial charge in [0.25, 0.3) is 0 Å². The molecule has 0 spiro atoms. The minimum absolute atomic E-state index is 0.0599. The van der Waals surface area contributed by atoms with Gasteiger partial charge < -0.3 is 14.7 Å². The molecule has 0 saturated carbocycles. The van der Waals surface area contributed by atoms with Crippen molar-refractivity contribution in [2.45, 2.75) is 25.3 Å². The fourth-order valence-electron chi connectivity index (χ4n) is 4.33. The van der Waals surface area contributed by atoms with E-state index >= 15 is 0 Å². The molecule has 1 fully saturated rings. The number of anilines is 2. The lowest BCUT2D eigenvalue weighted by molar-refractivity contribution is -0.132. The van der Waals surface area contributed by atoms with Gasteiger partial charge in [-0.2, -0.15) is 0 Å². The highest BCUT2D eigenvalue weighted by Gasteiger charge is 2.33. The van der Waals surface area contributed by atoms with E-state index < -0.39 is 0 Å². The normalized spacial score (nSPS) is 15.5. The van der Waals surface area contributed by atoms with Gasteiger partial charge in [0.15, 0.2) is 0 Å². The Balaban J connectivity index is 1.57. The molecule has 4 rings (SSSR count). The van der Waals surface area contributed by atoms with Crippen LogP contribution in [0.3, 0.4) is 0 Å². The number of rotatable bonds is 7. The van der Waals surface area contributed by atoms with Gasteiger partial charge in [0.1, 0.15) is 5.82 Å². The Bertz CT molecular complexity index is 1100. The Morgan fingerprint density at radius 3 is 2.55 bits per heavy atom. The quantitative estimate of drug-likeness (QED) is 0.532. The van der Waals surface area contributed by atoms with Crippen molar-refractivity contribution in [3.8, 4) is 11.1 Å². The number of amides is 1. The van der Waals surface area contributed by atoms with Crippen LogP contribution in [-0.4, -0.2) is 55.0 Å². The van der Waals surface area contributed by atoms with Crippen LogP contribution in [0.25, 0.3) is 11.1 Å². The van der Waals surface area contributed by atoms with E-state index in [1.807, 2.05) is 67.5 Å². The van der Waals surface area contributed by atoms with Gasteiger partial charge in [0, 0.05) is 52.4 Å². The number of nitrogens with zero attached hydrogens (tertiary/aromatic N) is 5. The smallest absolute Gasteiger partial charge is 0.225 e. The van der Waals surface area contributed by atoms with Crippen molar-refractivity contribution in [2.75, 3.05) is 44.0 Å². The standard InChI is InChI=1S/C26H30FN5O/c1-30(2)26-28-18-20(19-10-5-4-6-11-19)25(29-26)23-14-9-16-32(23)24(33)15-17-31(3)22-13-8-7-12-21(22)27/h4-8,10-13,18,23H,9,14-17H2,1-3H3/t23-/m0/s1. The summed E-state index contributed by atoms with van der Waals surface area (Å²) in [4.78, 5) is 28.3. The molecule has 6 nitrogen and oxygen atoms in total. The Hall–Kier alpha value is -3.48. The number of hydrogen-bond acceptors (Lipinski definition) is 5. The van der Waals surface area contributed by atoms with Crippen LogP contribution in [-0.2, 0) is 4.79 Å². The Morgan fingerprint density at radius 2 is 1.82 bits per heavy atom. The molecule has 2 heterocycles.